The third-order valence-corrected chi connectivity index (χ3v) is 2.42. The van der Waals surface area contributed by atoms with E-state index in [9.17, 15) is 8.78 Å². The maximum absolute atomic E-state index is 12.4. The molecular weight excluding hydrogens is 289 g/mol. The molecule has 13 heavy (non-hydrogen) atoms. The van der Waals surface area contributed by atoms with Crippen molar-refractivity contribution < 1.29 is 8.78 Å². The number of aromatic nitrogens is 2. The van der Waals surface area contributed by atoms with Crippen LogP contribution in [0.5, 0.6) is 0 Å². The van der Waals surface area contributed by atoms with Crippen molar-refractivity contribution in [1.82, 2.24) is 9.55 Å². The van der Waals surface area contributed by atoms with E-state index >= 15 is 0 Å². The van der Waals surface area contributed by atoms with Crippen molar-refractivity contribution >= 4 is 33.6 Å². The SMILES string of the molecule is FC(F)n1cnc2cc(I)ccc21. The minimum absolute atomic E-state index is 0.468. The average Bonchev–Trinajstić information content (AvgIpc) is 2.46. The fraction of sp³-hybridized carbons (Fsp3) is 0.125. The lowest BCUT2D eigenvalue weighted by Crippen LogP contribution is -1.94. The van der Waals surface area contributed by atoms with Gasteiger partial charge < -0.3 is 0 Å². The van der Waals surface area contributed by atoms with Gasteiger partial charge in [-0.3, -0.25) is 4.57 Å². The summed E-state index contributed by atoms with van der Waals surface area (Å²) in [6.45, 7) is -2.52. The van der Waals surface area contributed by atoms with Crippen LogP contribution in [-0.4, -0.2) is 9.55 Å². The van der Waals surface area contributed by atoms with Crippen LogP contribution in [0.3, 0.4) is 0 Å². The van der Waals surface area contributed by atoms with Gasteiger partial charge in [0.1, 0.15) is 6.33 Å². The fourth-order valence-corrected chi connectivity index (χ4v) is 1.64. The summed E-state index contributed by atoms with van der Waals surface area (Å²) in [4.78, 5) is 3.88. The quantitative estimate of drug-likeness (QED) is 0.739. The van der Waals surface area contributed by atoms with Crippen LogP contribution in [0.1, 0.15) is 6.55 Å². The minimum atomic E-state index is -2.52. The molecule has 0 aliphatic heterocycles. The molecular formula is C8H5F2IN2. The number of hydrogen-bond donors (Lipinski definition) is 0. The molecule has 0 spiro atoms. The highest BCUT2D eigenvalue weighted by molar-refractivity contribution is 14.1. The first-order chi connectivity index (χ1) is 6.18. The second-order valence-corrected chi connectivity index (χ2v) is 3.81. The number of alkyl halides is 2. The van der Waals surface area contributed by atoms with Crippen LogP contribution in [0, 0.1) is 3.57 Å². The van der Waals surface area contributed by atoms with Crippen molar-refractivity contribution in [2.75, 3.05) is 0 Å². The maximum Gasteiger partial charge on any atom is 0.320 e. The average molecular weight is 294 g/mol. The van der Waals surface area contributed by atoms with E-state index in [0.29, 0.717) is 11.0 Å². The van der Waals surface area contributed by atoms with E-state index in [2.05, 4.69) is 27.6 Å². The van der Waals surface area contributed by atoms with Gasteiger partial charge in [-0.15, -0.1) is 0 Å². The Bertz CT molecular complexity index is 439. The lowest BCUT2D eigenvalue weighted by molar-refractivity contribution is 0.0746. The summed E-state index contributed by atoms with van der Waals surface area (Å²) >= 11 is 2.12. The van der Waals surface area contributed by atoms with Gasteiger partial charge in [-0.1, -0.05) is 0 Å². The van der Waals surface area contributed by atoms with Gasteiger partial charge in [0.15, 0.2) is 0 Å². The Balaban J connectivity index is 2.69. The van der Waals surface area contributed by atoms with Crippen molar-refractivity contribution in [1.29, 1.82) is 0 Å². The zero-order valence-electron chi connectivity index (χ0n) is 6.42. The molecule has 2 nitrogen and oxygen atoms in total. The van der Waals surface area contributed by atoms with Crippen molar-refractivity contribution in [3.63, 3.8) is 0 Å². The molecule has 0 atom stereocenters. The second-order valence-electron chi connectivity index (χ2n) is 2.56. The largest absolute Gasteiger partial charge is 0.320 e. The van der Waals surface area contributed by atoms with Crippen LogP contribution in [-0.2, 0) is 0 Å². The smallest absolute Gasteiger partial charge is 0.273 e. The minimum Gasteiger partial charge on any atom is -0.273 e. The van der Waals surface area contributed by atoms with Crippen LogP contribution in [0.25, 0.3) is 11.0 Å². The predicted molar refractivity (Wildman–Crippen MR) is 53.7 cm³/mol. The Kier molecular flexibility index (Phi) is 2.19. The Labute approximate surface area is 86.7 Å². The third kappa shape index (κ3) is 1.52. The fourth-order valence-electron chi connectivity index (χ4n) is 1.16. The van der Waals surface area contributed by atoms with Crippen molar-refractivity contribution in [3.8, 4) is 0 Å². The molecule has 0 aliphatic carbocycles. The molecule has 0 fully saturated rings. The van der Waals surface area contributed by atoms with E-state index < -0.39 is 6.55 Å². The number of hydrogen-bond acceptors (Lipinski definition) is 1. The second kappa shape index (κ2) is 3.21. The first-order valence-electron chi connectivity index (χ1n) is 3.59. The van der Waals surface area contributed by atoms with E-state index in [1.54, 1.807) is 18.2 Å². The van der Waals surface area contributed by atoms with Crippen molar-refractivity contribution in [2.45, 2.75) is 6.55 Å². The molecule has 0 bridgehead atoms. The summed E-state index contributed by atoms with van der Waals surface area (Å²) < 4.78 is 26.5. The van der Waals surface area contributed by atoms with Crippen LogP contribution < -0.4 is 0 Å². The standard InChI is InChI=1S/C8H5F2IN2/c9-8(10)13-4-12-6-3-5(11)1-2-7(6)13/h1-4,8H. The van der Waals surface area contributed by atoms with Crippen LogP contribution in [0.15, 0.2) is 24.5 Å². The molecule has 2 rings (SSSR count). The molecule has 1 aromatic heterocycles. The Hall–Kier alpha value is -0.720. The van der Waals surface area contributed by atoms with Gasteiger partial charge in [0.05, 0.1) is 11.0 Å². The topological polar surface area (TPSA) is 17.8 Å². The highest BCUT2D eigenvalue weighted by atomic mass is 127. The predicted octanol–water partition coefficient (Wildman–Crippen LogP) is 3.04. The monoisotopic (exact) mass is 294 g/mol. The molecule has 0 radical (unpaired) electrons. The Morgan fingerprint density at radius 3 is 2.85 bits per heavy atom. The van der Waals surface area contributed by atoms with Gasteiger partial charge in [-0.25, -0.2) is 4.98 Å². The number of halogens is 3. The first-order valence-corrected chi connectivity index (χ1v) is 4.66. The number of rotatable bonds is 1. The van der Waals surface area contributed by atoms with E-state index in [4.69, 9.17) is 0 Å². The van der Waals surface area contributed by atoms with Gasteiger partial charge in [0.2, 0.25) is 0 Å². The molecule has 0 saturated heterocycles. The molecule has 0 unspecified atom stereocenters. The summed E-state index contributed by atoms with van der Waals surface area (Å²) in [5.41, 5.74) is 1.07. The number of nitrogens with zero attached hydrogens (tertiary/aromatic N) is 2. The maximum atomic E-state index is 12.4. The Morgan fingerprint density at radius 2 is 2.15 bits per heavy atom. The first kappa shape index (κ1) is 8.86. The van der Waals surface area contributed by atoms with E-state index in [-0.39, 0.29) is 0 Å². The number of imidazole rings is 1. The third-order valence-electron chi connectivity index (χ3n) is 1.75. The Morgan fingerprint density at radius 1 is 1.38 bits per heavy atom. The van der Waals surface area contributed by atoms with Gasteiger partial charge in [-0.05, 0) is 40.8 Å². The summed E-state index contributed by atoms with van der Waals surface area (Å²) in [5, 5.41) is 0. The van der Waals surface area contributed by atoms with Crippen molar-refractivity contribution in [3.05, 3.63) is 28.1 Å². The molecule has 0 N–H and O–H groups in total. The van der Waals surface area contributed by atoms with E-state index in [0.717, 1.165) is 14.5 Å². The molecule has 68 valence electrons. The van der Waals surface area contributed by atoms with Crippen LogP contribution in [0.2, 0.25) is 0 Å². The molecule has 1 heterocycles. The van der Waals surface area contributed by atoms with Crippen molar-refractivity contribution in [2.24, 2.45) is 0 Å². The molecule has 0 amide bonds. The van der Waals surface area contributed by atoms with Gasteiger partial charge in [-0.2, -0.15) is 8.78 Å². The van der Waals surface area contributed by atoms with E-state index in [1.165, 1.54) is 0 Å². The van der Waals surface area contributed by atoms with Gasteiger partial charge >= 0.3 is 6.55 Å². The molecule has 1 aromatic carbocycles. The normalized spacial score (nSPS) is 11.4. The summed E-state index contributed by atoms with van der Waals surface area (Å²) in [7, 11) is 0. The number of benzene rings is 1. The zero-order chi connectivity index (χ0) is 9.42. The summed E-state index contributed by atoms with van der Waals surface area (Å²) in [6.07, 6.45) is 1.16. The van der Waals surface area contributed by atoms with Crippen LogP contribution >= 0.6 is 22.6 Å². The van der Waals surface area contributed by atoms with Gasteiger partial charge in [0.25, 0.3) is 0 Å². The van der Waals surface area contributed by atoms with E-state index in [1.807, 2.05) is 0 Å². The highest BCUT2D eigenvalue weighted by Crippen LogP contribution is 2.20. The molecule has 2 aromatic rings. The summed E-state index contributed by atoms with van der Waals surface area (Å²) in [5.74, 6) is 0. The molecule has 5 heteroatoms. The highest BCUT2D eigenvalue weighted by Gasteiger charge is 2.09. The van der Waals surface area contributed by atoms with Gasteiger partial charge in [0, 0.05) is 3.57 Å². The summed E-state index contributed by atoms with van der Waals surface area (Å²) in [6, 6.07) is 5.20. The molecule has 0 saturated carbocycles. The zero-order valence-corrected chi connectivity index (χ0v) is 8.57. The lowest BCUT2D eigenvalue weighted by Gasteiger charge is -2.00. The molecule has 0 aliphatic rings. The lowest BCUT2D eigenvalue weighted by atomic mass is 10.3. The van der Waals surface area contributed by atoms with Crippen LogP contribution in [0.4, 0.5) is 8.78 Å². The number of fused-ring (bicyclic) bond motifs is 1.